The first-order chi connectivity index (χ1) is 6.77. The van der Waals surface area contributed by atoms with E-state index in [-0.39, 0.29) is 0 Å². The third kappa shape index (κ3) is 1.80. The lowest BCUT2D eigenvalue weighted by Crippen LogP contribution is -2.00. The summed E-state index contributed by atoms with van der Waals surface area (Å²) in [7, 11) is 1.96. The van der Waals surface area contributed by atoms with Crippen molar-refractivity contribution in [3.8, 4) is 0 Å². The number of rotatable bonds is 3. The van der Waals surface area contributed by atoms with E-state index in [2.05, 4.69) is 34.2 Å². The molecule has 0 aromatic carbocycles. The quantitative estimate of drug-likeness (QED) is 0.837. The molecule has 0 atom stereocenters. The van der Waals surface area contributed by atoms with Gasteiger partial charge in [0, 0.05) is 35.9 Å². The Kier molecular flexibility index (Phi) is 2.54. The number of anilines is 1. The van der Waals surface area contributed by atoms with Gasteiger partial charge in [-0.25, -0.2) is 0 Å². The molecule has 14 heavy (non-hydrogen) atoms. The van der Waals surface area contributed by atoms with Crippen molar-refractivity contribution in [2.75, 3.05) is 5.32 Å². The van der Waals surface area contributed by atoms with Crippen LogP contribution >= 0.6 is 11.3 Å². The first kappa shape index (κ1) is 9.27. The third-order valence-electron chi connectivity index (χ3n) is 2.34. The van der Waals surface area contributed by atoms with E-state index in [1.807, 2.05) is 17.9 Å². The Morgan fingerprint density at radius 1 is 1.57 bits per heavy atom. The molecule has 0 aliphatic carbocycles. The van der Waals surface area contributed by atoms with Gasteiger partial charge in [0.2, 0.25) is 0 Å². The highest BCUT2D eigenvalue weighted by Gasteiger charge is 2.02. The minimum atomic E-state index is 0.844. The van der Waals surface area contributed by atoms with Crippen LogP contribution in [0.5, 0.6) is 0 Å². The molecule has 0 saturated carbocycles. The highest BCUT2D eigenvalue weighted by molar-refractivity contribution is 7.08. The summed E-state index contributed by atoms with van der Waals surface area (Å²) in [6, 6.07) is 2.08. The van der Waals surface area contributed by atoms with Crippen molar-refractivity contribution in [1.82, 2.24) is 9.78 Å². The van der Waals surface area contributed by atoms with Crippen LogP contribution in [0.3, 0.4) is 0 Å². The summed E-state index contributed by atoms with van der Waals surface area (Å²) in [4.78, 5) is 0. The average Bonchev–Trinajstić information content (AvgIpc) is 2.77. The number of hydrogen-bond acceptors (Lipinski definition) is 3. The molecule has 1 N–H and O–H groups in total. The maximum atomic E-state index is 4.20. The van der Waals surface area contributed by atoms with Gasteiger partial charge in [-0.3, -0.25) is 4.68 Å². The van der Waals surface area contributed by atoms with Gasteiger partial charge in [-0.1, -0.05) is 0 Å². The molecule has 0 fully saturated rings. The molecule has 2 heterocycles. The number of aromatic nitrogens is 2. The van der Waals surface area contributed by atoms with Gasteiger partial charge in [-0.05, 0) is 18.4 Å². The number of nitrogens with one attached hydrogen (secondary N) is 1. The molecule has 74 valence electrons. The van der Waals surface area contributed by atoms with Crippen LogP contribution in [-0.4, -0.2) is 9.78 Å². The Bertz CT molecular complexity index is 403. The van der Waals surface area contributed by atoms with Crippen LogP contribution in [0.4, 0.5) is 5.69 Å². The van der Waals surface area contributed by atoms with Gasteiger partial charge in [0.05, 0.1) is 6.20 Å². The van der Waals surface area contributed by atoms with Gasteiger partial charge >= 0.3 is 0 Å². The lowest BCUT2D eigenvalue weighted by atomic mass is 10.2. The zero-order valence-corrected chi connectivity index (χ0v) is 9.14. The Hall–Kier alpha value is -1.29. The Balaban J connectivity index is 2.02. The fourth-order valence-corrected chi connectivity index (χ4v) is 1.89. The minimum absolute atomic E-state index is 0.844. The van der Waals surface area contributed by atoms with Crippen molar-refractivity contribution in [2.24, 2.45) is 7.05 Å². The van der Waals surface area contributed by atoms with Crippen molar-refractivity contribution >= 4 is 17.0 Å². The van der Waals surface area contributed by atoms with Crippen molar-refractivity contribution in [3.63, 3.8) is 0 Å². The fourth-order valence-electron chi connectivity index (χ4n) is 1.28. The van der Waals surface area contributed by atoms with Crippen molar-refractivity contribution in [2.45, 2.75) is 13.5 Å². The first-order valence-corrected chi connectivity index (χ1v) is 5.45. The van der Waals surface area contributed by atoms with Crippen molar-refractivity contribution in [3.05, 3.63) is 34.3 Å². The zero-order valence-electron chi connectivity index (χ0n) is 8.32. The molecular formula is C10H13N3S. The van der Waals surface area contributed by atoms with Gasteiger partial charge in [-0.2, -0.15) is 16.4 Å². The maximum absolute atomic E-state index is 4.20. The van der Waals surface area contributed by atoms with Gasteiger partial charge < -0.3 is 5.32 Å². The molecular weight excluding hydrogens is 194 g/mol. The minimum Gasteiger partial charge on any atom is -0.380 e. The Labute approximate surface area is 87.4 Å². The van der Waals surface area contributed by atoms with Crippen LogP contribution in [0.1, 0.15) is 11.3 Å². The van der Waals surface area contributed by atoms with E-state index < -0.39 is 0 Å². The maximum Gasteiger partial charge on any atom is 0.0542 e. The largest absolute Gasteiger partial charge is 0.380 e. The number of nitrogens with zero attached hydrogens (tertiary/aromatic N) is 2. The van der Waals surface area contributed by atoms with E-state index in [0.717, 1.165) is 6.54 Å². The summed E-state index contributed by atoms with van der Waals surface area (Å²) in [6.45, 7) is 2.92. The second-order valence-corrected chi connectivity index (χ2v) is 4.02. The smallest absolute Gasteiger partial charge is 0.0542 e. The topological polar surface area (TPSA) is 29.9 Å². The lowest BCUT2D eigenvalue weighted by Gasteiger charge is -2.02. The van der Waals surface area contributed by atoms with Gasteiger partial charge in [0.25, 0.3) is 0 Å². The molecule has 0 bridgehead atoms. The van der Waals surface area contributed by atoms with E-state index in [1.54, 1.807) is 11.3 Å². The molecule has 0 unspecified atom stereocenters. The summed E-state index contributed by atoms with van der Waals surface area (Å²) in [5.74, 6) is 0. The monoisotopic (exact) mass is 207 g/mol. The molecule has 0 saturated heterocycles. The molecule has 0 aliphatic rings. The molecule has 0 radical (unpaired) electrons. The molecule has 0 amide bonds. The molecule has 4 heteroatoms. The number of thiophene rings is 1. The summed E-state index contributed by atoms with van der Waals surface area (Å²) >= 11 is 1.70. The van der Waals surface area contributed by atoms with Crippen LogP contribution in [0.2, 0.25) is 0 Å². The summed E-state index contributed by atoms with van der Waals surface area (Å²) in [6.07, 6.45) is 1.91. The summed E-state index contributed by atoms with van der Waals surface area (Å²) in [5, 5.41) is 11.7. The van der Waals surface area contributed by atoms with Crippen molar-refractivity contribution < 1.29 is 0 Å². The van der Waals surface area contributed by atoms with E-state index in [0.29, 0.717) is 0 Å². The normalized spacial score (nSPS) is 10.4. The predicted octanol–water partition coefficient (Wildman–Crippen LogP) is 2.40. The second-order valence-electron chi connectivity index (χ2n) is 3.24. The molecule has 2 rings (SSSR count). The highest BCUT2D eigenvalue weighted by Crippen LogP contribution is 2.14. The summed E-state index contributed by atoms with van der Waals surface area (Å²) in [5.41, 5.74) is 3.64. The number of aryl methyl sites for hydroxylation is 1. The Morgan fingerprint density at radius 3 is 3.00 bits per heavy atom. The van der Waals surface area contributed by atoms with Gasteiger partial charge in [0.1, 0.15) is 0 Å². The van der Waals surface area contributed by atoms with Crippen LogP contribution in [0, 0.1) is 6.92 Å². The van der Waals surface area contributed by atoms with Crippen LogP contribution < -0.4 is 5.32 Å². The lowest BCUT2D eigenvalue weighted by molar-refractivity contribution is 0.738. The predicted molar refractivity (Wildman–Crippen MR) is 59.6 cm³/mol. The van der Waals surface area contributed by atoms with Gasteiger partial charge in [-0.15, -0.1) is 0 Å². The van der Waals surface area contributed by atoms with Gasteiger partial charge in [0.15, 0.2) is 0 Å². The van der Waals surface area contributed by atoms with Crippen molar-refractivity contribution in [1.29, 1.82) is 0 Å². The number of hydrogen-bond donors (Lipinski definition) is 1. The van der Waals surface area contributed by atoms with E-state index >= 15 is 0 Å². The zero-order chi connectivity index (χ0) is 9.97. The van der Waals surface area contributed by atoms with Crippen LogP contribution in [0.15, 0.2) is 23.0 Å². The molecule has 0 spiro atoms. The fraction of sp³-hybridized carbons (Fsp3) is 0.300. The molecule has 3 nitrogen and oxygen atoms in total. The highest BCUT2D eigenvalue weighted by atomic mass is 32.1. The van der Waals surface area contributed by atoms with Crippen LogP contribution in [-0.2, 0) is 13.6 Å². The first-order valence-electron chi connectivity index (χ1n) is 4.51. The molecule has 2 aromatic rings. The third-order valence-corrected chi connectivity index (χ3v) is 3.02. The van der Waals surface area contributed by atoms with E-state index in [9.17, 15) is 0 Å². The Morgan fingerprint density at radius 2 is 2.43 bits per heavy atom. The second kappa shape index (κ2) is 3.84. The molecule has 0 aliphatic heterocycles. The SMILES string of the molecule is Cc1c(CNc2ccsc2)cnn1C. The summed E-state index contributed by atoms with van der Waals surface area (Å²) < 4.78 is 1.89. The van der Waals surface area contributed by atoms with Crippen LogP contribution in [0.25, 0.3) is 0 Å². The van der Waals surface area contributed by atoms with E-state index in [4.69, 9.17) is 0 Å². The van der Waals surface area contributed by atoms with E-state index in [1.165, 1.54) is 16.9 Å². The molecule has 2 aromatic heterocycles. The standard InChI is InChI=1S/C10H13N3S/c1-8-9(6-12-13(8)2)5-11-10-3-4-14-7-10/h3-4,6-7,11H,5H2,1-2H3. The average molecular weight is 207 g/mol.